The van der Waals surface area contributed by atoms with Gasteiger partial charge in [0.25, 0.3) is 0 Å². The monoisotopic (exact) mass is 423 g/mol. The van der Waals surface area contributed by atoms with Crippen molar-refractivity contribution in [1.29, 1.82) is 0 Å². The van der Waals surface area contributed by atoms with E-state index in [-0.39, 0.29) is 19.6 Å². The number of amides is 1. The molecular formula is C24H25NO6. The Kier molecular flexibility index (Phi) is 7.07. The molecule has 1 aliphatic carbocycles. The van der Waals surface area contributed by atoms with Gasteiger partial charge in [-0.3, -0.25) is 0 Å². The molecule has 0 radical (unpaired) electrons. The summed E-state index contributed by atoms with van der Waals surface area (Å²) < 4.78 is 15.4. The smallest absolute Gasteiger partial charge is 0.408 e. The summed E-state index contributed by atoms with van der Waals surface area (Å²) in [7, 11) is 1.23. The Balaban J connectivity index is 1.87. The third kappa shape index (κ3) is 5.12. The van der Waals surface area contributed by atoms with Gasteiger partial charge in [-0.15, -0.1) is 0 Å². The number of ether oxygens (including phenoxy) is 3. The molecule has 0 spiro atoms. The highest BCUT2D eigenvalue weighted by Crippen LogP contribution is 2.42. The van der Waals surface area contributed by atoms with Gasteiger partial charge in [-0.2, -0.15) is 0 Å². The minimum absolute atomic E-state index is 0.0422. The van der Waals surface area contributed by atoms with E-state index < -0.39 is 29.5 Å². The fourth-order valence-electron chi connectivity index (χ4n) is 3.66. The van der Waals surface area contributed by atoms with E-state index in [0.29, 0.717) is 5.57 Å². The number of alkyl carbamates (subject to hydrolysis) is 1. The normalized spacial score (nSPS) is 19.8. The van der Waals surface area contributed by atoms with Gasteiger partial charge in [-0.1, -0.05) is 60.7 Å². The first-order valence-electron chi connectivity index (χ1n) is 10.0. The Morgan fingerprint density at radius 2 is 1.65 bits per heavy atom. The predicted molar refractivity (Wildman–Crippen MR) is 113 cm³/mol. The van der Waals surface area contributed by atoms with Gasteiger partial charge in [-0.25, -0.2) is 14.4 Å². The van der Waals surface area contributed by atoms with Crippen LogP contribution in [0.5, 0.6) is 0 Å². The van der Waals surface area contributed by atoms with Crippen LogP contribution >= 0.6 is 0 Å². The highest BCUT2D eigenvalue weighted by Gasteiger charge is 2.49. The quantitative estimate of drug-likeness (QED) is 0.541. The summed E-state index contributed by atoms with van der Waals surface area (Å²) in [5.74, 6) is -1.68. The van der Waals surface area contributed by atoms with Crippen LogP contribution in [0.25, 0.3) is 0 Å². The SMILES string of the molecule is CCOC(=O)C1=C[C@](NC(=O)OCc2ccccc2)(C(=O)OC)C[C@@H]1c1ccccc1. The van der Waals surface area contributed by atoms with Crippen molar-refractivity contribution in [3.05, 3.63) is 83.4 Å². The number of nitrogens with one attached hydrogen (secondary N) is 1. The summed E-state index contributed by atoms with van der Waals surface area (Å²) in [6.07, 6.45) is 0.749. The molecule has 7 nitrogen and oxygen atoms in total. The second-order valence-electron chi connectivity index (χ2n) is 7.14. The minimum atomic E-state index is -1.55. The Hall–Kier alpha value is -3.61. The molecule has 2 atom stereocenters. The van der Waals surface area contributed by atoms with Crippen molar-refractivity contribution in [3.8, 4) is 0 Å². The zero-order chi connectivity index (χ0) is 22.3. The molecule has 0 saturated carbocycles. The van der Waals surface area contributed by atoms with Crippen molar-refractivity contribution in [2.45, 2.75) is 31.4 Å². The number of hydrogen-bond acceptors (Lipinski definition) is 6. The molecule has 31 heavy (non-hydrogen) atoms. The highest BCUT2D eigenvalue weighted by molar-refractivity contribution is 5.97. The maximum Gasteiger partial charge on any atom is 0.408 e. The van der Waals surface area contributed by atoms with Gasteiger partial charge in [0, 0.05) is 11.5 Å². The molecule has 0 fully saturated rings. The van der Waals surface area contributed by atoms with Crippen LogP contribution in [0.2, 0.25) is 0 Å². The lowest BCUT2D eigenvalue weighted by molar-refractivity contribution is -0.146. The summed E-state index contributed by atoms with van der Waals surface area (Å²) in [5, 5.41) is 2.62. The van der Waals surface area contributed by atoms with Crippen molar-refractivity contribution in [1.82, 2.24) is 5.32 Å². The summed E-state index contributed by atoms with van der Waals surface area (Å²) in [5.41, 5.74) is 0.375. The molecule has 1 N–H and O–H groups in total. The fraction of sp³-hybridized carbons (Fsp3) is 0.292. The largest absolute Gasteiger partial charge is 0.467 e. The van der Waals surface area contributed by atoms with E-state index in [1.165, 1.54) is 13.2 Å². The molecule has 2 aromatic rings. The van der Waals surface area contributed by atoms with Gasteiger partial charge in [0.15, 0.2) is 5.54 Å². The first-order chi connectivity index (χ1) is 15.0. The maximum atomic E-state index is 12.8. The molecule has 7 heteroatoms. The lowest BCUT2D eigenvalue weighted by atomic mass is 9.88. The number of esters is 2. The van der Waals surface area contributed by atoms with Gasteiger partial charge >= 0.3 is 18.0 Å². The van der Waals surface area contributed by atoms with Crippen molar-refractivity contribution in [3.63, 3.8) is 0 Å². The minimum Gasteiger partial charge on any atom is -0.467 e. The summed E-state index contributed by atoms with van der Waals surface area (Å²) in [4.78, 5) is 38.0. The van der Waals surface area contributed by atoms with Crippen molar-refractivity contribution < 1.29 is 28.6 Å². The van der Waals surface area contributed by atoms with Gasteiger partial charge in [-0.05, 0) is 30.5 Å². The average Bonchev–Trinajstić information content (AvgIpc) is 3.19. The van der Waals surface area contributed by atoms with Crippen LogP contribution in [-0.2, 0) is 30.4 Å². The zero-order valence-corrected chi connectivity index (χ0v) is 17.5. The second kappa shape index (κ2) is 9.93. The molecule has 0 aliphatic heterocycles. The molecule has 0 aromatic heterocycles. The van der Waals surface area contributed by atoms with Crippen LogP contribution in [-0.4, -0.2) is 37.3 Å². The number of methoxy groups -OCH3 is 1. The first kappa shape index (κ1) is 22.1. The highest BCUT2D eigenvalue weighted by atomic mass is 16.6. The molecule has 1 amide bonds. The Morgan fingerprint density at radius 3 is 2.26 bits per heavy atom. The Bertz CT molecular complexity index is 957. The number of carbonyl (C=O) groups excluding carboxylic acids is 3. The van der Waals surface area contributed by atoms with Crippen molar-refractivity contribution in [2.24, 2.45) is 0 Å². The second-order valence-corrected chi connectivity index (χ2v) is 7.14. The molecule has 2 aromatic carbocycles. The van der Waals surface area contributed by atoms with E-state index in [9.17, 15) is 14.4 Å². The van der Waals surface area contributed by atoms with E-state index >= 15 is 0 Å². The van der Waals surface area contributed by atoms with E-state index in [2.05, 4.69) is 5.32 Å². The average molecular weight is 423 g/mol. The lowest BCUT2D eigenvalue weighted by Crippen LogP contribution is -2.53. The third-order valence-corrected chi connectivity index (χ3v) is 5.10. The van der Waals surface area contributed by atoms with Crippen molar-refractivity contribution >= 4 is 18.0 Å². The van der Waals surface area contributed by atoms with Gasteiger partial charge in [0.05, 0.1) is 13.7 Å². The van der Waals surface area contributed by atoms with Crippen LogP contribution in [0.1, 0.15) is 30.4 Å². The van der Waals surface area contributed by atoms with Crippen LogP contribution in [0.4, 0.5) is 4.79 Å². The molecule has 0 heterocycles. The van der Waals surface area contributed by atoms with Gasteiger partial charge in [0.1, 0.15) is 6.61 Å². The molecular weight excluding hydrogens is 398 g/mol. The van der Waals surface area contributed by atoms with Crippen LogP contribution in [0.15, 0.2) is 72.3 Å². The van der Waals surface area contributed by atoms with Crippen molar-refractivity contribution in [2.75, 3.05) is 13.7 Å². The molecule has 3 rings (SSSR count). The first-order valence-corrected chi connectivity index (χ1v) is 10.0. The molecule has 162 valence electrons. The summed E-state index contributed by atoms with van der Waals surface area (Å²) in [6, 6.07) is 18.4. The molecule has 0 unspecified atom stereocenters. The lowest BCUT2D eigenvalue weighted by Gasteiger charge is -2.26. The summed E-state index contributed by atoms with van der Waals surface area (Å²) >= 11 is 0. The number of rotatable bonds is 7. The third-order valence-electron chi connectivity index (χ3n) is 5.10. The predicted octanol–water partition coefficient (Wildman–Crippen LogP) is 3.50. The van der Waals surface area contributed by atoms with E-state index in [0.717, 1.165) is 11.1 Å². The number of carbonyl (C=O) groups is 3. The van der Waals surface area contributed by atoms with Gasteiger partial charge < -0.3 is 19.5 Å². The summed E-state index contributed by atoms with van der Waals surface area (Å²) in [6.45, 7) is 1.94. The topological polar surface area (TPSA) is 90.9 Å². The molecule has 0 bridgehead atoms. The van der Waals surface area contributed by atoms with E-state index in [1.807, 2.05) is 60.7 Å². The zero-order valence-electron chi connectivity index (χ0n) is 17.5. The van der Waals surface area contributed by atoms with Crippen LogP contribution < -0.4 is 5.32 Å². The van der Waals surface area contributed by atoms with Gasteiger partial charge in [0.2, 0.25) is 0 Å². The van der Waals surface area contributed by atoms with Crippen LogP contribution in [0.3, 0.4) is 0 Å². The number of benzene rings is 2. The Morgan fingerprint density at radius 1 is 1.00 bits per heavy atom. The maximum absolute atomic E-state index is 12.8. The standard InChI is InChI=1S/C24H25NO6/c1-3-30-21(26)20-15-24(22(27)29-2,14-19(20)18-12-8-5-9-13-18)25-23(28)31-16-17-10-6-4-7-11-17/h4-13,15,19H,3,14,16H2,1-2H3,(H,25,28)/t19-,24+/m1/s1. The van der Waals surface area contributed by atoms with E-state index in [1.54, 1.807) is 6.92 Å². The van der Waals surface area contributed by atoms with E-state index in [4.69, 9.17) is 14.2 Å². The molecule has 0 saturated heterocycles. The fourth-order valence-corrected chi connectivity index (χ4v) is 3.66. The Labute approximate surface area is 181 Å². The van der Waals surface area contributed by atoms with Crippen LogP contribution in [0, 0.1) is 0 Å². The molecule has 1 aliphatic rings. The number of hydrogen-bond donors (Lipinski definition) is 1.